The Morgan fingerprint density at radius 1 is 1.62 bits per heavy atom. The third-order valence-corrected chi connectivity index (χ3v) is 3.52. The minimum absolute atomic E-state index is 0.169. The zero-order valence-electron chi connectivity index (χ0n) is 10.1. The lowest BCUT2D eigenvalue weighted by atomic mass is 9.97. The van der Waals surface area contributed by atoms with Gasteiger partial charge in [-0.15, -0.1) is 0 Å². The summed E-state index contributed by atoms with van der Waals surface area (Å²) < 4.78 is 0. The van der Waals surface area contributed by atoms with Gasteiger partial charge in [-0.25, -0.2) is 0 Å². The van der Waals surface area contributed by atoms with Crippen LogP contribution in [0, 0.1) is 5.92 Å². The lowest BCUT2D eigenvalue weighted by Gasteiger charge is -2.31. The van der Waals surface area contributed by atoms with E-state index in [1.807, 2.05) is 11.8 Å². The van der Waals surface area contributed by atoms with Crippen LogP contribution in [-0.4, -0.2) is 55.5 Å². The van der Waals surface area contributed by atoms with Crippen molar-refractivity contribution in [3.05, 3.63) is 0 Å². The van der Waals surface area contributed by atoms with Crippen molar-refractivity contribution in [3.8, 4) is 0 Å². The van der Waals surface area contributed by atoms with Crippen LogP contribution in [0.1, 0.15) is 12.8 Å². The maximum atomic E-state index is 11.8. The van der Waals surface area contributed by atoms with Crippen molar-refractivity contribution in [3.63, 3.8) is 0 Å². The minimum Gasteiger partial charge on any atom is -0.355 e. The van der Waals surface area contributed by atoms with Gasteiger partial charge in [0.1, 0.15) is 0 Å². The number of piperidine rings is 1. The fourth-order valence-corrected chi connectivity index (χ4v) is 2.47. The van der Waals surface area contributed by atoms with E-state index in [9.17, 15) is 4.79 Å². The van der Waals surface area contributed by atoms with Crippen LogP contribution in [0.4, 0.5) is 0 Å². The normalized spacial score (nSPS) is 22.0. The Morgan fingerprint density at radius 3 is 3.12 bits per heavy atom. The molecule has 1 amide bonds. The van der Waals surface area contributed by atoms with E-state index in [0.717, 1.165) is 38.2 Å². The summed E-state index contributed by atoms with van der Waals surface area (Å²) in [6, 6.07) is 0. The number of carbonyl (C=O) groups is 1. The standard InChI is InChI=1S/C11H23N3OS/c1-16-8-7-14-6-2-3-10(9-14)11(15)13-5-4-12/h10H,2-9,12H2,1H3,(H,13,15). The van der Waals surface area contributed by atoms with Crippen LogP contribution in [0.15, 0.2) is 0 Å². The van der Waals surface area contributed by atoms with Gasteiger partial charge in [0.2, 0.25) is 5.91 Å². The van der Waals surface area contributed by atoms with Gasteiger partial charge < -0.3 is 16.0 Å². The summed E-state index contributed by atoms with van der Waals surface area (Å²) in [6.45, 7) is 4.27. The quantitative estimate of drug-likeness (QED) is 0.699. The first-order valence-electron chi connectivity index (χ1n) is 5.97. The molecule has 4 nitrogen and oxygen atoms in total. The Bertz CT molecular complexity index is 213. The largest absolute Gasteiger partial charge is 0.355 e. The molecule has 1 saturated heterocycles. The van der Waals surface area contributed by atoms with E-state index in [1.54, 1.807) is 0 Å². The van der Waals surface area contributed by atoms with Crippen LogP contribution < -0.4 is 11.1 Å². The number of likely N-dealkylation sites (tertiary alicyclic amines) is 1. The summed E-state index contributed by atoms with van der Waals surface area (Å²) in [6.07, 6.45) is 4.27. The fraction of sp³-hybridized carbons (Fsp3) is 0.909. The summed E-state index contributed by atoms with van der Waals surface area (Å²) in [5.74, 6) is 1.50. The molecule has 1 rings (SSSR count). The predicted octanol–water partition coefficient (Wildman–Crippen LogP) is 0.136. The maximum Gasteiger partial charge on any atom is 0.224 e. The number of nitrogens with two attached hydrogens (primary N) is 1. The molecule has 16 heavy (non-hydrogen) atoms. The second kappa shape index (κ2) is 7.92. The van der Waals surface area contributed by atoms with Gasteiger partial charge in [-0.3, -0.25) is 4.79 Å². The predicted molar refractivity (Wildman–Crippen MR) is 69.6 cm³/mol. The van der Waals surface area contributed by atoms with Crippen molar-refractivity contribution in [2.45, 2.75) is 12.8 Å². The molecule has 0 aromatic rings. The van der Waals surface area contributed by atoms with E-state index in [4.69, 9.17) is 5.73 Å². The van der Waals surface area contributed by atoms with Crippen LogP contribution in [-0.2, 0) is 4.79 Å². The van der Waals surface area contributed by atoms with Gasteiger partial charge in [0, 0.05) is 31.9 Å². The van der Waals surface area contributed by atoms with Crippen molar-refractivity contribution in [2.24, 2.45) is 11.7 Å². The molecule has 0 aliphatic carbocycles. The van der Waals surface area contributed by atoms with Crippen molar-refractivity contribution in [1.82, 2.24) is 10.2 Å². The first kappa shape index (κ1) is 13.8. The molecule has 0 radical (unpaired) electrons. The molecule has 1 atom stereocenters. The third-order valence-electron chi connectivity index (χ3n) is 2.93. The number of carbonyl (C=O) groups excluding carboxylic acids is 1. The van der Waals surface area contributed by atoms with E-state index in [1.165, 1.54) is 0 Å². The molecule has 0 aromatic heterocycles. The summed E-state index contributed by atoms with van der Waals surface area (Å²) >= 11 is 1.86. The fourth-order valence-electron chi connectivity index (χ4n) is 2.03. The van der Waals surface area contributed by atoms with Gasteiger partial charge in [-0.1, -0.05) is 0 Å². The Labute approximate surface area is 102 Å². The molecule has 0 bridgehead atoms. The molecule has 3 N–H and O–H groups in total. The van der Waals surface area contributed by atoms with Crippen molar-refractivity contribution in [1.29, 1.82) is 0 Å². The number of hydrogen-bond donors (Lipinski definition) is 2. The molecule has 94 valence electrons. The molecule has 0 saturated carbocycles. The van der Waals surface area contributed by atoms with Gasteiger partial charge in [0.15, 0.2) is 0 Å². The SMILES string of the molecule is CSCCN1CCCC(C(=O)NCCN)C1. The molecule has 1 aliphatic heterocycles. The zero-order valence-corrected chi connectivity index (χ0v) is 10.9. The van der Waals surface area contributed by atoms with E-state index in [2.05, 4.69) is 16.5 Å². The van der Waals surface area contributed by atoms with E-state index in [-0.39, 0.29) is 11.8 Å². The van der Waals surface area contributed by atoms with E-state index < -0.39 is 0 Å². The second-order valence-electron chi connectivity index (χ2n) is 4.21. The second-order valence-corrected chi connectivity index (χ2v) is 5.20. The van der Waals surface area contributed by atoms with Crippen molar-refractivity contribution in [2.75, 3.05) is 44.7 Å². The number of amides is 1. The van der Waals surface area contributed by atoms with Gasteiger partial charge in [-0.05, 0) is 25.6 Å². The van der Waals surface area contributed by atoms with Gasteiger partial charge in [-0.2, -0.15) is 11.8 Å². The Kier molecular flexibility index (Phi) is 6.84. The molecule has 0 spiro atoms. The number of thioether (sulfide) groups is 1. The van der Waals surface area contributed by atoms with Crippen molar-refractivity contribution >= 4 is 17.7 Å². The van der Waals surface area contributed by atoms with Crippen LogP contribution >= 0.6 is 11.8 Å². The lowest BCUT2D eigenvalue weighted by Crippen LogP contribution is -2.44. The maximum absolute atomic E-state index is 11.8. The number of hydrogen-bond acceptors (Lipinski definition) is 4. The van der Waals surface area contributed by atoms with Gasteiger partial charge >= 0.3 is 0 Å². The monoisotopic (exact) mass is 245 g/mol. The number of nitrogens with zero attached hydrogens (tertiary/aromatic N) is 1. The Morgan fingerprint density at radius 2 is 2.44 bits per heavy atom. The lowest BCUT2D eigenvalue weighted by molar-refractivity contribution is -0.126. The zero-order chi connectivity index (χ0) is 11.8. The average molecular weight is 245 g/mol. The van der Waals surface area contributed by atoms with Crippen LogP contribution in [0.5, 0.6) is 0 Å². The summed E-state index contributed by atoms with van der Waals surface area (Å²) in [7, 11) is 0. The molecule has 1 aliphatic rings. The van der Waals surface area contributed by atoms with Gasteiger partial charge in [0.25, 0.3) is 0 Å². The molecule has 5 heteroatoms. The highest BCUT2D eigenvalue weighted by Gasteiger charge is 2.24. The summed E-state index contributed by atoms with van der Waals surface area (Å²) in [4.78, 5) is 14.2. The van der Waals surface area contributed by atoms with Crippen molar-refractivity contribution < 1.29 is 4.79 Å². The first-order valence-corrected chi connectivity index (χ1v) is 7.36. The average Bonchev–Trinajstić information content (AvgIpc) is 2.33. The van der Waals surface area contributed by atoms with Crippen LogP contribution in [0.2, 0.25) is 0 Å². The van der Waals surface area contributed by atoms with Crippen LogP contribution in [0.3, 0.4) is 0 Å². The molecule has 0 aromatic carbocycles. The first-order chi connectivity index (χ1) is 7.77. The highest BCUT2D eigenvalue weighted by Crippen LogP contribution is 2.16. The smallest absolute Gasteiger partial charge is 0.224 e. The third kappa shape index (κ3) is 4.72. The Hall–Kier alpha value is -0.260. The topological polar surface area (TPSA) is 58.4 Å². The molecule has 1 heterocycles. The highest BCUT2D eigenvalue weighted by atomic mass is 32.2. The Balaban J connectivity index is 2.28. The van der Waals surface area contributed by atoms with Gasteiger partial charge in [0.05, 0.1) is 5.92 Å². The number of rotatable bonds is 6. The molecular formula is C11H23N3OS. The van der Waals surface area contributed by atoms with E-state index in [0.29, 0.717) is 13.1 Å². The molecule has 1 fully saturated rings. The summed E-state index contributed by atoms with van der Waals surface area (Å²) in [5, 5.41) is 2.88. The van der Waals surface area contributed by atoms with E-state index >= 15 is 0 Å². The number of nitrogens with one attached hydrogen (secondary N) is 1. The molecule has 1 unspecified atom stereocenters. The summed E-state index contributed by atoms with van der Waals surface area (Å²) in [5.41, 5.74) is 5.37. The highest BCUT2D eigenvalue weighted by molar-refractivity contribution is 7.98. The van der Waals surface area contributed by atoms with Crippen LogP contribution in [0.25, 0.3) is 0 Å². The minimum atomic E-state index is 0.169. The molecular weight excluding hydrogens is 222 g/mol.